The van der Waals surface area contributed by atoms with Gasteiger partial charge in [-0.15, -0.1) is 0 Å². The first-order chi connectivity index (χ1) is 18.1. The molecule has 0 saturated carbocycles. The van der Waals surface area contributed by atoms with Crippen LogP contribution in [0.1, 0.15) is 80.6 Å². The fraction of sp³-hybridized carbons (Fsp3) is 0.733. The summed E-state index contributed by atoms with van der Waals surface area (Å²) < 4.78 is 16.8. The molecule has 0 aliphatic carbocycles. The van der Waals surface area contributed by atoms with E-state index in [9.17, 15) is 30.0 Å². The van der Waals surface area contributed by atoms with Crippen LogP contribution in [0.5, 0.6) is 0 Å². The molecule has 0 aromatic rings. The summed E-state index contributed by atoms with van der Waals surface area (Å²) in [5.41, 5.74) is -1.87. The highest BCUT2D eigenvalue weighted by Gasteiger charge is 2.47. The average Bonchev–Trinajstić information content (AvgIpc) is 3.59. The van der Waals surface area contributed by atoms with Crippen molar-refractivity contribution < 1.29 is 44.2 Å². The Hall–Kier alpha value is -2.04. The first kappa shape index (κ1) is 33.2. The Bertz CT molecular complexity index is 919. The van der Waals surface area contributed by atoms with Crippen molar-refractivity contribution in [1.82, 2.24) is 0 Å². The Morgan fingerprint density at radius 2 is 2.00 bits per heavy atom. The van der Waals surface area contributed by atoms with Gasteiger partial charge in [-0.25, -0.2) is 0 Å². The van der Waals surface area contributed by atoms with Gasteiger partial charge in [-0.2, -0.15) is 0 Å². The summed E-state index contributed by atoms with van der Waals surface area (Å²) in [6.45, 7) is 12.0. The quantitative estimate of drug-likeness (QED) is 0.147. The monoisotopic (exact) mass is 552 g/mol. The average molecular weight is 553 g/mol. The van der Waals surface area contributed by atoms with Crippen molar-refractivity contribution in [2.24, 2.45) is 11.8 Å². The molecule has 0 aromatic carbocycles. The molecule has 10 atom stereocenters. The van der Waals surface area contributed by atoms with E-state index in [1.165, 1.54) is 13.8 Å². The number of cyclic esters (lactones) is 1. The van der Waals surface area contributed by atoms with E-state index < -0.39 is 47.6 Å². The summed E-state index contributed by atoms with van der Waals surface area (Å²) in [7, 11) is 0. The molecule has 2 heterocycles. The van der Waals surface area contributed by atoms with E-state index in [4.69, 9.17) is 14.2 Å². The number of hydrogen-bond acceptors (Lipinski definition) is 9. The normalized spacial score (nSPS) is 35.8. The number of allylic oxidation sites excluding steroid dienone is 2. The third-order valence-corrected chi connectivity index (χ3v) is 7.66. The summed E-state index contributed by atoms with van der Waals surface area (Å²) in [5, 5.41) is 42.2. The number of aliphatic hydroxyl groups is 4. The van der Waals surface area contributed by atoms with Crippen molar-refractivity contribution in [2.75, 3.05) is 0 Å². The zero-order valence-corrected chi connectivity index (χ0v) is 24.4. The van der Waals surface area contributed by atoms with Crippen molar-refractivity contribution >= 4 is 11.9 Å². The van der Waals surface area contributed by atoms with Gasteiger partial charge < -0.3 is 34.6 Å². The standard InChI is InChI=1S/C30H48O9/c1-8-23(33)20(4)28-24(38-28)17-29(6,35)14-9-10-18(2)27-19(3)11-12-25(37-21(5)31)30(7,36)15-13-22(32)16-26(34)39-27/h9-12,14,19-20,22-25,27-28,32-33,35-36H,8,13,15-17H2,1-7H3/t19-,20+,22+,23-,24?,25-,27+,28+,29-,30+/m0/s1. The van der Waals surface area contributed by atoms with Gasteiger partial charge in [0.15, 0.2) is 0 Å². The highest BCUT2D eigenvalue weighted by atomic mass is 16.6. The number of hydrogen-bond donors (Lipinski definition) is 4. The zero-order chi connectivity index (χ0) is 29.5. The van der Waals surface area contributed by atoms with E-state index in [0.29, 0.717) is 18.4 Å². The molecular weight excluding hydrogens is 504 g/mol. The lowest BCUT2D eigenvalue weighted by atomic mass is 9.88. The third kappa shape index (κ3) is 10.5. The van der Waals surface area contributed by atoms with Crippen LogP contribution in [-0.4, -0.2) is 80.2 Å². The summed E-state index contributed by atoms with van der Waals surface area (Å²) >= 11 is 0. The number of rotatable bonds is 9. The predicted molar refractivity (Wildman–Crippen MR) is 146 cm³/mol. The van der Waals surface area contributed by atoms with Crippen molar-refractivity contribution in [3.8, 4) is 0 Å². The van der Waals surface area contributed by atoms with Crippen LogP contribution in [-0.2, 0) is 23.8 Å². The minimum Gasteiger partial charge on any atom is -0.457 e. The van der Waals surface area contributed by atoms with Crippen LogP contribution in [0.3, 0.4) is 0 Å². The second-order valence-electron chi connectivity index (χ2n) is 11.7. The van der Waals surface area contributed by atoms with Gasteiger partial charge in [0.25, 0.3) is 0 Å². The topological polar surface area (TPSA) is 146 Å². The maximum absolute atomic E-state index is 12.6. The molecule has 222 valence electrons. The highest BCUT2D eigenvalue weighted by Crippen LogP contribution is 2.37. The number of ether oxygens (including phenoxy) is 3. The summed E-state index contributed by atoms with van der Waals surface area (Å²) in [4.78, 5) is 24.3. The lowest BCUT2D eigenvalue weighted by Crippen LogP contribution is -2.42. The third-order valence-electron chi connectivity index (χ3n) is 7.66. The summed E-state index contributed by atoms with van der Waals surface area (Å²) in [5.74, 6) is -1.46. The lowest BCUT2D eigenvalue weighted by molar-refractivity contribution is -0.157. The summed E-state index contributed by atoms with van der Waals surface area (Å²) in [6, 6.07) is 0. The molecule has 0 aromatic heterocycles. The minimum absolute atomic E-state index is 0.00472. The molecule has 0 radical (unpaired) electrons. The van der Waals surface area contributed by atoms with Crippen LogP contribution in [0.15, 0.2) is 36.0 Å². The van der Waals surface area contributed by atoms with Gasteiger partial charge in [0, 0.05) is 25.2 Å². The largest absolute Gasteiger partial charge is 0.457 e. The smallest absolute Gasteiger partial charge is 0.309 e. The fourth-order valence-electron chi connectivity index (χ4n) is 4.98. The van der Waals surface area contributed by atoms with Crippen LogP contribution >= 0.6 is 0 Å². The van der Waals surface area contributed by atoms with Crippen molar-refractivity contribution in [2.45, 2.75) is 128 Å². The van der Waals surface area contributed by atoms with Crippen LogP contribution in [0.4, 0.5) is 0 Å². The van der Waals surface area contributed by atoms with Gasteiger partial charge in [-0.05, 0) is 51.7 Å². The van der Waals surface area contributed by atoms with E-state index in [0.717, 1.165) is 0 Å². The first-order valence-electron chi connectivity index (χ1n) is 13.9. The van der Waals surface area contributed by atoms with E-state index in [1.54, 1.807) is 44.2 Å². The van der Waals surface area contributed by atoms with Crippen LogP contribution in [0.25, 0.3) is 0 Å². The molecule has 4 N–H and O–H groups in total. The molecule has 2 aliphatic heterocycles. The van der Waals surface area contributed by atoms with Crippen LogP contribution < -0.4 is 0 Å². The molecule has 1 saturated heterocycles. The number of aliphatic hydroxyl groups excluding tert-OH is 2. The highest BCUT2D eigenvalue weighted by molar-refractivity contribution is 5.70. The Balaban J connectivity index is 2.18. The van der Waals surface area contributed by atoms with Crippen molar-refractivity contribution in [1.29, 1.82) is 0 Å². The maximum atomic E-state index is 12.6. The minimum atomic E-state index is -1.43. The van der Waals surface area contributed by atoms with Crippen molar-refractivity contribution in [3.63, 3.8) is 0 Å². The van der Waals surface area contributed by atoms with Crippen LogP contribution in [0, 0.1) is 11.8 Å². The number of carbonyl (C=O) groups is 2. The van der Waals surface area contributed by atoms with Gasteiger partial charge in [0.1, 0.15) is 17.8 Å². The molecule has 9 nitrogen and oxygen atoms in total. The van der Waals surface area contributed by atoms with Gasteiger partial charge in [0.05, 0.1) is 36.4 Å². The van der Waals surface area contributed by atoms with Crippen molar-refractivity contribution in [3.05, 3.63) is 36.0 Å². The Morgan fingerprint density at radius 3 is 2.62 bits per heavy atom. The number of epoxide rings is 1. The molecule has 1 unspecified atom stereocenters. The second kappa shape index (κ2) is 14.0. The zero-order valence-electron chi connectivity index (χ0n) is 24.4. The lowest BCUT2D eigenvalue weighted by Gasteiger charge is -2.32. The molecule has 0 spiro atoms. The van der Waals surface area contributed by atoms with Gasteiger partial charge in [-0.3, -0.25) is 9.59 Å². The fourth-order valence-corrected chi connectivity index (χ4v) is 4.98. The second-order valence-corrected chi connectivity index (χ2v) is 11.7. The van der Waals surface area contributed by atoms with Crippen LogP contribution in [0.2, 0.25) is 0 Å². The molecule has 9 heteroatoms. The maximum Gasteiger partial charge on any atom is 0.309 e. The molecule has 2 rings (SSSR count). The van der Waals surface area contributed by atoms with E-state index >= 15 is 0 Å². The van der Waals surface area contributed by atoms with Gasteiger partial charge >= 0.3 is 11.9 Å². The Morgan fingerprint density at radius 1 is 1.33 bits per heavy atom. The molecule has 0 bridgehead atoms. The molecular formula is C30H48O9. The molecule has 1 fully saturated rings. The number of carbonyl (C=O) groups excluding carboxylic acids is 2. The van der Waals surface area contributed by atoms with E-state index in [-0.39, 0.29) is 43.3 Å². The first-order valence-corrected chi connectivity index (χ1v) is 13.9. The number of esters is 2. The molecule has 0 amide bonds. The SMILES string of the molecule is CC[C@H](O)[C@@H](C)[C@H]1OC1C[C@@](C)(O)C=CC=C(C)[C@H]1OC(=O)C[C@H](O)CC[C@@](C)(O)[C@@H](OC(C)=O)C=C[C@@H]1C. The molecule has 2 aliphatic rings. The van der Waals surface area contributed by atoms with E-state index in [1.807, 2.05) is 20.8 Å². The Labute approximate surface area is 232 Å². The molecule has 39 heavy (non-hydrogen) atoms. The predicted octanol–water partition coefficient (Wildman–Crippen LogP) is 3.14. The van der Waals surface area contributed by atoms with E-state index in [2.05, 4.69) is 0 Å². The van der Waals surface area contributed by atoms with Gasteiger partial charge in [-0.1, -0.05) is 45.1 Å². The summed E-state index contributed by atoms with van der Waals surface area (Å²) in [6.07, 6.45) is 6.23. The Kier molecular flexibility index (Phi) is 11.9. The van der Waals surface area contributed by atoms with Gasteiger partial charge in [0.2, 0.25) is 0 Å².